The van der Waals surface area contributed by atoms with Crippen LogP contribution >= 0.6 is 11.3 Å². The van der Waals surface area contributed by atoms with Crippen LogP contribution in [0.2, 0.25) is 0 Å². The Kier molecular flexibility index (Phi) is 5.33. The molecule has 0 bridgehead atoms. The molecule has 0 spiro atoms. The molecule has 4 rings (SSSR count). The van der Waals surface area contributed by atoms with Gasteiger partial charge in [0, 0.05) is 7.05 Å². The van der Waals surface area contributed by atoms with Crippen LogP contribution in [-0.4, -0.2) is 36.6 Å². The molecule has 12 heteroatoms. The third-order valence-electron chi connectivity index (χ3n) is 4.83. The maximum Gasteiger partial charge on any atom is 0.257 e. The van der Waals surface area contributed by atoms with Crippen molar-refractivity contribution in [2.45, 2.75) is 5.92 Å². The third-order valence-corrected chi connectivity index (χ3v) is 5.91. The smallest absolute Gasteiger partial charge is 0.257 e. The van der Waals surface area contributed by atoms with Gasteiger partial charge < -0.3 is 36.0 Å². The number of amides is 1. The number of benzene rings is 1. The van der Waals surface area contributed by atoms with Crippen molar-refractivity contribution in [3.63, 3.8) is 0 Å². The fraction of sp³-hybridized carbons (Fsp3) is 0.200. The number of hydrogen-bond donors (Lipinski definition) is 4. The molecular weight excluding hydrogens is 436 g/mol. The van der Waals surface area contributed by atoms with Crippen molar-refractivity contribution in [2.75, 3.05) is 26.1 Å². The summed E-state index contributed by atoms with van der Waals surface area (Å²) in [5.74, 6) is -0.751. The van der Waals surface area contributed by atoms with E-state index in [0.717, 1.165) is 0 Å². The number of anilines is 1. The summed E-state index contributed by atoms with van der Waals surface area (Å²) in [5.41, 5.74) is 11.9. The monoisotopic (exact) mass is 454 g/mol. The first kappa shape index (κ1) is 21.0. The number of thiazole rings is 1. The van der Waals surface area contributed by atoms with Gasteiger partial charge in [0.2, 0.25) is 5.88 Å². The lowest BCUT2D eigenvalue weighted by Gasteiger charge is -2.26. The van der Waals surface area contributed by atoms with Crippen molar-refractivity contribution in [3.8, 4) is 23.3 Å². The number of hydrogen-bond acceptors (Lipinski definition) is 10. The number of carbonyl (C=O) groups excluding carboxylic acids is 1. The largest absolute Gasteiger partial charge is 0.493 e. The number of primary amides is 1. The molecule has 1 aliphatic heterocycles. The third kappa shape index (κ3) is 3.44. The summed E-state index contributed by atoms with van der Waals surface area (Å²) < 4.78 is 17.1. The summed E-state index contributed by atoms with van der Waals surface area (Å²) in [7, 11) is 3.14. The average molecular weight is 454 g/mol. The molecule has 32 heavy (non-hydrogen) atoms. The van der Waals surface area contributed by atoms with Crippen LogP contribution in [0.15, 0.2) is 34.4 Å². The summed E-state index contributed by atoms with van der Waals surface area (Å²) in [6.45, 7) is -0.330. The van der Waals surface area contributed by atoms with Gasteiger partial charge in [-0.15, -0.1) is 0 Å². The molecule has 0 aliphatic carbocycles. The van der Waals surface area contributed by atoms with Gasteiger partial charge in [0.1, 0.15) is 16.3 Å². The van der Waals surface area contributed by atoms with Gasteiger partial charge in [-0.1, -0.05) is 17.4 Å². The van der Waals surface area contributed by atoms with E-state index in [1.807, 2.05) is 6.07 Å². The van der Waals surface area contributed by atoms with Crippen molar-refractivity contribution in [1.82, 2.24) is 9.97 Å². The van der Waals surface area contributed by atoms with E-state index in [2.05, 4.69) is 15.3 Å². The Balaban J connectivity index is 1.92. The number of ether oxygens (including phenoxy) is 3. The van der Waals surface area contributed by atoms with Crippen LogP contribution in [0, 0.1) is 11.3 Å². The highest BCUT2D eigenvalue weighted by Gasteiger charge is 2.36. The molecule has 0 radical (unpaired) electrons. The number of carbonyl (C=O) groups is 1. The zero-order valence-corrected chi connectivity index (χ0v) is 17.8. The molecule has 164 valence electrons. The summed E-state index contributed by atoms with van der Waals surface area (Å²) in [6, 6.07) is 6.87. The van der Waals surface area contributed by atoms with Crippen LogP contribution in [-0.2, 0) is 4.79 Å². The van der Waals surface area contributed by atoms with E-state index in [1.54, 1.807) is 25.2 Å². The Morgan fingerprint density at radius 1 is 1.44 bits per heavy atom. The van der Waals surface area contributed by atoms with Crippen LogP contribution in [0.5, 0.6) is 17.2 Å². The van der Waals surface area contributed by atoms with Crippen LogP contribution in [0.3, 0.4) is 0 Å². The molecule has 3 aromatic rings. The minimum atomic E-state index is -0.823. The number of nitrogens with one attached hydrogen (secondary N) is 2. The van der Waals surface area contributed by atoms with Gasteiger partial charge >= 0.3 is 0 Å². The van der Waals surface area contributed by atoms with Gasteiger partial charge in [-0.2, -0.15) is 5.26 Å². The lowest BCUT2D eigenvalue weighted by atomic mass is 9.84. The number of pyridine rings is 1. The molecule has 3 heterocycles. The van der Waals surface area contributed by atoms with E-state index in [1.165, 1.54) is 18.4 Å². The summed E-state index contributed by atoms with van der Waals surface area (Å²) in [4.78, 5) is 31.2. The van der Waals surface area contributed by atoms with E-state index in [9.17, 15) is 14.9 Å². The van der Waals surface area contributed by atoms with Crippen LogP contribution in [0.4, 0.5) is 5.13 Å². The number of aromatic amines is 1. The second kappa shape index (κ2) is 8.12. The van der Waals surface area contributed by atoms with E-state index >= 15 is 0 Å². The van der Waals surface area contributed by atoms with Crippen molar-refractivity contribution in [2.24, 2.45) is 11.5 Å². The molecular formula is C20H18N6O5S. The first-order chi connectivity index (χ1) is 15.4. The van der Waals surface area contributed by atoms with Gasteiger partial charge in [0.25, 0.3) is 11.5 Å². The fourth-order valence-corrected chi connectivity index (χ4v) is 4.34. The fourth-order valence-electron chi connectivity index (χ4n) is 3.47. The molecule has 1 aromatic carbocycles. The van der Waals surface area contributed by atoms with Gasteiger partial charge in [-0.25, -0.2) is 4.98 Å². The van der Waals surface area contributed by atoms with E-state index in [-0.39, 0.29) is 35.1 Å². The second-order valence-corrected chi connectivity index (χ2v) is 7.73. The lowest BCUT2D eigenvalue weighted by Crippen LogP contribution is -2.27. The number of methoxy groups -OCH3 is 1. The predicted molar refractivity (Wildman–Crippen MR) is 117 cm³/mol. The zero-order chi connectivity index (χ0) is 23.0. The van der Waals surface area contributed by atoms with E-state index < -0.39 is 17.4 Å². The molecule has 1 aliphatic rings. The Hall–Kier alpha value is -4.24. The normalized spacial score (nSPS) is 15.0. The Morgan fingerprint density at radius 2 is 2.22 bits per heavy atom. The summed E-state index contributed by atoms with van der Waals surface area (Å²) in [6.07, 6.45) is 0. The number of H-pyrrole nitrogens is 1. The molecule has 0 fully saturated rings. The van der Waals surface area contributed by atoms with Crippen molar-refractivity contribution in [3.05, 3.63) is 51.1 Å². The van der Waals surface area contributed by atoms with Crippen molar-refractivity contribution >= 4 is 32.7 Å². The van der Waals surface area contributed by atoms with Crippen LogP contribution in [0.1, 0.15) is 17.0 Å². The maximum atomic E-state index is 13.1. The Labute approximate surface area is 185 Å². The Morgan fingerprint density at radius 3 is 2.88 bits per heavy atom. The minimum Gasteiger partial charge on any atom is -0.493 e. The molecule has 1 atom stereocenters. The van der Waals surface area contributed by atoms with Gasteiger partial charge in [-0.3, -0.25) is 9.59 Å². The number of nitrogens with zero attached hydrogens (tertiary/aromatic N) is 2. The SMILES string of the molecule is CNc1nc2[nH]c(=O)c3c(c2s1)OC(N)=C(C#N)C3c1ccc(OCC(N)=O)c(OC)c1. The lowest BCUT2D eigenvalue weighted by molar-refractivity contribution is -0.119. The number of allylic oxidation sites excluding steroid dienone is 1. The molecule has 1 amide bonds. The van der Waals surface area contributed by atoms with Crippen LogP contribution < -0.4 is 36.6 Å². The molecule has 1 unspecified atom stereocenters. The second-order valence-electron chi connectivity index (χ2n) is 6.73. The first-order valence-electron chi connectivity index (χ1n) is 9.29. The first-order valence-corrected chi connectivity index (χ1v) is 10.1. The average Bonchev–Trinajstić information content (AvgIpc) is 3.20. The van der Waals surface area contributed by atoms with Crippen molar-refractivity contribution in [1.29, 1.82) is 5.26 Å². The van der Waals surface area contributed by atoms with E-state index in [0.29, 0.717) is 26.8 Å². The van der Waals surface area contributed by atoms with Gasteiger partial charge in [0.05, 0.1) is 18.6 Å². The number of fused-ring (bicyclic) bond motifs is 3. The van der Waals surface area contributed by atoms with Gasteiger partial charge in [-0.05, 0) is 17.7 Å². The highest BCUT2D eigenvalue weighted by atomic mass is 32.1. The van der Waals surface area contributed by atoms with Crippen LogP contribution in [0.25, 0.3) is 10.3 Å². The highest BCUT2D eigenvalue weighted by Crippen LogP contribution is 2.46. The molecule has 6 N–H and O–H groups in total. The Bertz CT molecular complexity index is 1370. The molecule has 2 aromatic heterocycles. The highest BCUT2D eigenvalue weighted by molar-refractivity contribution is 7.22. The predicted octanol–water partition coefficient (Wildman–Crippen LogP) is 1.12. The number of rotatable bonds is 6. The van der Waals surface area contributed by atoms with Gasteiger partial charge in [0.15, 0.2) is 34.6 Å². The molecule has 0 saturated heterocycles. The standard InChI is InChI=1S/C20H18N6O5S/c1-24-20-26-18-16(32-20)15-14(19(28)25-18)13(9(6-21)17(23)31-15)8-3-4-10(11(5-8)29-2)30-7-12(22)27/h3-5,13H,7,23H2,1-2H3,(H2,22,27)(H2,24,25,26,28). The van der Waals surface area contributed by atoms with E-state index in [4.69, 9.17) is 25.7 Å². The van der Waals surface area contributed by atoms with Crippen molar-refractivity contribution < 1.29 is 19.0 Å². The number of aromatic nitrogens is 2. The number of nitriles is 1. The summed E-state index contributed by atoms with van der Waals surface area (Å²) >= 11 is 1.28. The molecule has 11 nitrogen and oxygen atoms in total. The quantitative estimate of drug-likeness (QED) is 0.424. The topological polar surface area (TPSA) is 178 Å². The maximum absolute atomic E-state index is 13.1. The zero-order valence-electron chi connectivity index (χ0n) is 17.0. The minimum absolute atomic E-state index is 0.0774. The molecule has 0 saturated carbocycles. The number of nitrogens with two attached hydrogens (primary N) is 2. The summed E-state index contributed by atoms with van der Waals surface area (Å²) in [5, 5.41) is 13.3.